The molecule has 1 saturated carbocycles. The molecule has 0 unspecified atom stereocenters. The van der Waals surface area contributed by atoms with Crippen LogP contribution in [0.4, 0.5) is 11.5 Å². The van der Waals surface area contributed by atoms with Gasteiger partial charge in [0.15, 0.2) is 0 Å². The van der Waals surface area contributed by atoms with Crippen molar-refractivity contribution in [1.82, 2.24) is 4.98 Å². The molecule has 1 aliphatic rings. The number of nitrogens with one attached hydrogen (secondary N) is 3. The van der Waals surface area contributed by atoms with E-state index in [4.69, 9.17) is 0 Å². The van der Waals surface area contributed by atoms with Gasteiger partial charge in [0.25, 0.3) is 5.91 Å². The standard InChI is InChI=1S/C21H24N4O4S/c1-3-13-11-15(7-8-18(13)24-30(28,29)4-2)17-12-19(23-21(26)14-5-6-14)25(27)20-16(17)9-10-22-20/h7-12,14,22,24H,3-6H2,1-2H3,(H,23,26). The van der Waals surface area contributed by atoms with Gasteiger partial charge in [-0.15, -0.1) is 0 Å². The van der Waals surface area contributed by atoms with Gasteiger partial charge in [-0.05, 0) is 55.5 Å². The van der Waals surface area contributed by atoms with E-state index in [1.54, 1.807) is 25.3 Å². The van der Waals surface area contributed by atoms with E-state index < -0.39 is 10.0 Å². The van der Waals surface area contributed by atoms with E-state index in [0.29, 0.717) is 22.5 Å². The number of fused-ring (bicyclic) bond motifs is 1. The number of anilines is 2. The van der Waals surface area contributed by atoms with Gasteiger partial charge in [0.2, 0.25) is 21.5 Å². The fourth-order valence-electron chi connectivity index (χ4n) is 3.43. The number of aromatic nitrogens is 2. The summed E-state index contributed by atoms with van der Waals surface area (Å²) >= 11 is 0. The molecule has 30 heavy (non-hydrogen) atoms. The van der Waals surface area contributed by atoms with Gasteiger partial charge >= 0.3 is 0 Å². The van der Waals surface area contributed by atoms with Crippen LogP contribution >= 0.6 is 0 Å². The van der Waals surface area contributed by atoms with E-state index in [1.165, 1.54) is 0 Å². The van der Waals surface area contributed by atoms with Gasteiger partial charge in [-0.1, -0.05) is 13.0 Å². The third-order valence-corrected chi connectivity index (χ3v) is 6.65. The van der Waals surface area contributed by atoms with E-state index in [1.807, 2.05) is 25.1 Å². The molecule has 1 aliphatic carbocycles. The zero-order valence-electron chi connectivity index (χ0n) is 16.9. The molecule has 0 radical (unpaired) electrons. The van der Waals surface area contributed by atoms with E-state index >= 15 is 0 Å². The Morgan fingerprint density at radius 1 is 1.23 bits per heavy atom. The number of aryl methyl sites for hydroxylation is 1. The Morgan fingerprint density at radius 3 is 2.67 bits per heavy atom. The summed E-state index contributed by atoms with van der Waals surface area (Å²) in [4.78, 5) is 15.2. The Labute approximate surface area is 174 Å². The maximum atomic E-state index is 12.7. The van der Waals surface area contributed by atoms with Crippen LogP contribution in [-0.4, -0.2) is 25.1 Å². The summed E-state index contributed by atoms with van der Waals surface area (Å²) in [5, 5.41) is 16.2. The number of nitrogens with zero attached hydrogens (tertiary/aromatic N) is 1. The van der Waals surface area contributed by atoms with Crippen LogP contribution in [0.15, 0.2) is 36.5 Å². The smallest absolute Gasteiger partial charge is 0.283 e. The van der Waals surface area contributed by atoms with Gasteiger partial charge in [-0.25, -0.2) is 18.5 Å². The SMILES string of the molecule is CCc1cc(-c2cc(NC(=O)C3CC3)[n+]([O-])c3[nH]ccc23)ccc1NS(=O)(=O)CC. The molecule has 4 rings (SSSR count). The Hall–Kier alpha value is -3.07. The lowest BCUT2D eigenvalue weighted by Crippen LogP contribution is -2.34. The Balaban J connectivity index is 1.79. The van der Waals surface area contributed by atoms with Crippen molar-refractivity contribution < 1.29 is 17.9 Å². The summed E-state index contributed by atoms with van der Waals surface area (Å²) in [5.74, 6) is -0.000246. The molecule has 9 heteroatoms. The van der Waals surface area contributed by atoms with Crippen LogP contribution in [-0.2, 0) is 21.2 Å². The number of rotatable bonds is 7. The molecule has 0 saturated heterocycles. The number of carbonyl (C=O) groups excluding carboxylic acids is 1. The summed E-state index contributed by atoms with van der Waals surface area (Å²) in [6.07, 6.45) is 4.00. The van der Waals surface area contributed by atoms with E-state index in [2.05, 4.69) is 15.0 Å². The van der Waals surface area contributed by atoms with Crippen molar-refractivity contribution in [3.8, 4) is 11.1 Å². The predicted octanol–water partition coefficient (Wildman–Crippen LogP) is 3.14. The molecule has 2 heterocycles. The number of benzene rings is 1. The first-order chi connectivity index (χ1) is 14.3. The minimum absolute atomic E-state index is 0.00584. The molecule has 1 fully saturated rings. The molecule has 0 aliphatic heterocycles. The van der Waals surface area contributed by atoms with Crippen molar-refractivity contribution in [3.63, 3.8) is 0 Å². The number of aromatic amines is 1. The summed E-state index contributed by atoms with van der Waals surface area (Å²) in [6.45, 7) is 3.54. The lowest BCUT2D eigenvalue weighted by atomic mass is 9.99. The highest BCUT2D eigenvalue weighted by Crippen LogP contribution is 2.33. The lowest BCUT2D eigenvalue weighted by molar-refractivity contribution is -0.563. The normalized spacial score (nSPS) is 14.1. The fraction of sp³-hybridized carbons (Fsp3) is 0.333. The zero-order chi connectivity index (χ0) is 21.5. The maximum absolute atomic E-state index is 12.7. The Morgan fingerprint density at radius 2 is 2.00 bits per heavy atom. The number of amides is 1. The molecule has 0 bridgehead atoms. The van der Waals surface area contributed by atoms with Crippen LogP contribution in [0.2, 0.25) is 0 Å². The van der Waals surface area contributed by atoms with E-state index in [9.17, 15) is 18.4 Å². The molecular formula is C21H24N4O4S. The number of hydrogen-bond acceptors (Lipinski definition) is 4. The highest BCUT2D eigenvalue weighted by molar-refractivity contribution is 7.92. The fourth-order valence-corrected chi connectivity index (χ4v) is 4.11. The molecule has 2 aromatic heterocycles. The number of hydrogen-bond donors (Lipinski definition) is 3. The van der Waals surface area contributed by atoms with Crippen LogP contribution in [0.3, 0.4) is 0 Å². The summed E-state index contributed by atoms with van der Waals surface area (Å²) in [6, 6.07) is 8.95. The number of sulfonamides is 1. The first-order valence-corrected chi connectivity index (χ1v) is 11.7. The van der Waals surface area contributed by atoms with Crippen molar-refractivity contribution in [2.45, 2.75) is 33.1 Å². The van der Waals surface area contributed by atoms with Gasteiger partial charge < -0.3 is 5.21 Å². The zero-order valence-corrected chi connectivity index (χ0v) is 17.7. The molecule has 1 amide bonds. The maximum Gasteiger partial charge on any atom is 0.283 e. The van der Waals surface area contributed by atoms with Gasteiger partial charge in [0.05, 0.1) is 28.9 Å². The quantitative estimate of drug-likeness (QED) is 0.396. The Bertz CT molecular complexity index is 1230. The third kappa shape index (κ3) is 3.85. The molecule has 0 atom stereocenters. The third-order valence-electron chi connectivity index (χ3n) is 5.36. The van der Waals surface area contributed by atoms with Gasteiger partial charge in [0.1, 0.15) is 0 Å². The molecular weight excluding hydrogens is 404 g/mol. The van der Waals surface area contributed by atoms with Crippen LogP contribution in [0, 0.1) is 11.1 Å². The highest BCUT2D eigenvalue weighted by atomic mass is 32.2. The van der Waals surface area contributed by atoms with Crippen LogP contribution in [0.1, 0.15) is 32.3 Å². The largest absolute Gasteiger partial charge is 0.740 e. The summed E-state index contributed by atoms with van der Waals surface area (Å²) in [7, 11) is -3.38. The number of H-pyrrole nitrogens is 1. The Kier molecular flexibility index (Phi) is 5.15. The van der Waals surface area contributed by atoms with E-state index in [-0.39, 0.29) is 23.4 Å². The van der Waals surface area contributed by atoms with Gasteiger partial charge in [0, 0.05) is 11.6 Å². The summed E-state index contributed by atoms with van der Waals surface area (Å²) in [5.41, 5.74) is 3.36. The monoisotopic (exact) mass is 428 g/mol. The lowest BCUT2D eigenvalue weighted by Gasteiger charge is -2.16. The predicted molar refractivity (Wildman–Crippen MR) is 117 cm³/mol. The molecule has 0 spiro atoms. The summed E-state index contributed by atoms with van der Waals surface area (Å²) < 4.78 is 27.3. The first-order valence-electron chi connectivity index (χ1n) is 10.0. The van der Waals surface area contributed by atoms with Crippen LogP contribution < -0.4 is 14.8 Å². The molecule has 3 N–H and O–H groups in total. The second-order valence-corrected chi connectivity index (χ2v) is 9.48. The minimum Gasteiger partial charge on any atom is -0.740 e. The van der Waals surface area contributed by atoms with Crippen molar-refractivity contribution in [3.05, 3.63) is 47.3 Å². The van der Waals surface area contributed by atoms with Gasteiger partial charge in [-0.2, -0.15) is 0 Å². The van der Waals surface area contributed by atoms with E-state index in [0.717, 1.165) is 34.9 Å². The topological polar surface area (TPSA) is 118 Å². The van der Waals surface area contributed by atoms with Gasteiger partial charge in [-0.3, -0.25) is 14.5 Å². The second kappa shape index (κ2) is 7.64. The van der Waals surface area contributed by atoms with Crippen molar-refractivity contribution in [1.29, 1.82) is 0 Å². The first kappa shape index (κ1) is 20.2. The number of pyridine rings is 1. The molecule has 8 nitrogen and oxygen atoms in total. The highest BCUT2D eigenvalue weighted by Gasteiger charge is 2.32. The average molecular weight is 429 g/mol. The van der Waals surface area contributed by atoms with Crippen LogP contribution in [0.5, 0.6) is 0 Å². The number of carbonyl (C=O) groups is 1. The molecule has 1 aromatic carbocycles. The second-order valence-electron chi connectivity index (χ2n) is 7.47. The minimum atomic E-state index is -3.38. The molecule has 3 aromatic rings. The van der Waals surface area contributed by atoms with Crippen molar-refractivity contribution >= 4 is 38.5 Å². The van der Waals surface area contributed by atoms with Crippen LogP contribution in [0.25, 0.3) is 22.2 Å². The van der Waals surface area contributed by atoms with Crippen molar-refractivity contribution in [2.24, 2.45) is 5.92 Å². The average Bonchev–Trinajstić information content (AvgIpc) is 3.47. The van der Waals surface area contributed by atoms with Crippen molar-refractivity contribution in [2.75, 3.05) is 15.8 Å². The molecule has 158 valence electrons.